The van der Waals surface area contributed by atoms with E-state index in [2.05, 4.69) is 0 Å². The van der Waals surface area contributed by atoms with Crippen LogP contribution in [0.1, 0.15) is 27.2 Å². The van der Waals surface area contributed by atoms with Crippen LogP contribution in [-0.2, 0) is 0 Å². The molecule has 0 amide bonds. The van der Waals surface area contributed by atoms with E-state index in [0.29, 0.717) is 5.92 Å². The van der Waals surface area contributed by atoms with Crippen LogP contribution in [-0.4, -0.2) is 6.10 Å². The van der Waals surface area contributed by atoms with Gasteiger partial charge >= 0.3 is 29.6 Å². The molecule has 0 heterocycles. The predicted octanol–water partition coefficient (Wildman–Crippen LogP) is -2.21. The molecule has 0 saturated heterocycles. The van der Waals surface area contributed by atoms with Crippen molar-refractivity contribution in [2.45, 2.75) is 33.3 Å². The average molecular weight is 124 g/mol. The van der Waals surface area contributed by atoms with Crippen LogP contribution in [0.15, 0.2) is 0 Å². The minimum absolute atomic E-state index is 0. The monoisotopic (exact) mass is 124 g/mol. The van der Waals surface area contributed by atoms with Crippen LogP contribution in [0.2, 0.25) is 0 Å². The molecule has 0 rings (SSSR count). The second kappa shape index (κ2) is 6.09. The van der Waals surface area contributed by atoms with Crippen molar-refractivity contribution in [2.24, 2.45) is 5.92 Å². The van der Waals surface area contributed by atoms with Gasteiger partial charge in [-0.3, -0.25) is 0 Å². The molecule has 0 spiro atoms. The topological polar surface area (TPSA) is 23.1 Å². The van der Waals surface area contributed by atoms with E-state index in [1.54, 1.807) is 6.92 Å². The number of rotatable bonds is 2. The summed E-state index contributed by atoms with van der Waals surface area (Å²) in [5, 5.41) is 10.5. The third-order valence-electron chi connectivity index (χ3n) is 1.45. The van der Waals surface area contributed by atoms with Crippen LogP contribution in [0.25, 0.3) is 0 Å². The van der Waals surface area contributed by atoms with E-state index < -0.39 is 0 Å². The second-order valence-corrected chi connectivity index (χ2v) is 2.09. The van der Waals surface area contributed by atoms with Crippen molar-refractivity contribution < 1.29 is 34.7 Å². The summed E-state index contributed by atoms with van der Waals surface area (Å²) in [5.41, 5.74) is 0. The first-order valence-electron chi connectivity index (χ1n) is 2.84. The Hall–Kier alpha value is 0.960. The van der Waals surface area contributed by atoms with E-state index in [-0.39, 0.29) is 35.7 Å². The molecule has 0 bridgehead atoms. The maximum Gasteiger partial charge on any atom is 1.00 e. The first kappa shape index (κ1) is 11.7. The fourth-order valence-electron chi connectivity index (χ4n) is 0.332. The largest absolute Gasteiger partial charge is 1.00 e. The van der Waals surface area contributed by atoms with Crippen molar-refractivity contribution in [1.29, 1.82) is 0 Å². The van der Waals surface area contributed by atoms with Crippen molar-refractivity contribution >= 4 is 0 Å². The van der Waals surface area contributed by atoms with Crippen LogP contribution in [0, 0.1) is 5.92 Å². The zero-order chi connectivity index (χ0) is 5.86. The van der Waals surface area contributed by atoms with Gasteiger partial charge in [-0.1, -0.05) is 33.1 Å². The summed E-state index contributed by atoms with van der Waals surface area (Å²) in [7, 11) is 0. The molecule has 44 valence electrons. The Labute approximate surface area is 73.8 Å². The van der Waals surface area contributed by atoms with E-state index in [0.717, 1.165) is 6.42 Å². The van der Waals surface area contributed by atoms with Crippen molar-refractivity contribution in [1.82, 2.24) is 0 Å². The maximum atomic E-state index is 10.5. The molecule has 1 nitrogen and oxygen atoms in total. The first-order chi connectivity index (χ1) is 3.18. The fraction of sp³-hybridized carbons (Fsp3) is 1.00. The second-order valence-electron chi connectivity index (χ2n) is 2.09. The van der Waals surface area contributed by atoms with Crippen molar-refractivity contribution in [3.63, 3.8) is 0 Å². The summed E-state index contributed by atoms with van der Waals surface area (Å²) in [4.78, 5) is 0. The van der Waals surface area contributed by atoms with Crippen LogP contribution in [0.3, 0.4) is 0 Å². The van der Waals surface area contributed by atoms with Crippen LogP contribution >= 0.6 is 0 Å². The zero-order valence-electron chi connectivity index (χ0n) is 6.27. The van der Waals surface area contributed by atoms with Gasteiger partial charge in [-0.2, -0.15) is 0 Å². The van der Waals surface area contributed by atoms with Crippen molar-refractivity contribution in [3.05, 3.63) is 0 Å². The third-order valence-corrected chi connectivity index (χ3v) is 1.45. The van der Waals surface area contributed by atoms with Gasteiger partial charge in [0.25, 0.3) is 0 Å². The Morgan fingerprint density at radius 2 is 1.75 bits per heavy atom. The summed E-state index contributed by atoms with van der Waals surface area (Å²) in [5.74, 6) is 0.347. The molecular formula is C6H13NaO. The minimum Gasteiger partial charge on any atom is -0.852 e. The molecular weight excluding hydrogens is 111 g/mol. The quantitative estimate of drug-likeness (QED) is 0.383. The van der Waals surface area contributed by atoms with E-state index in [1.165, 1.54) is 0 Å². The van der Waals surface area contributed by atoms with Crippen LogP contribution in [0.4, 0.5) is 0 Å². The Bertz CT molecular complexity index is 45.8. The van der Waals surface area contributed by atoms with Crippen LogP contribution < -0.4 is 34.7 Å². The molecule has 2 unspecified atom stereocenters. The van der Waals surface area contributed by atoms with E-state index in [1.807, 2.05) is 13.8 Å². The number of hydrogen-bond donors (Lipinski definition) is 0. The molecule has 0 radical (unpaired) electrons. The summed E-state index contributed by atoms with van der Waals surface area (Å²) in [6, 6.07) is 0. The SMILES string of the molecule is CCC(C)C(C)[O-].[Na+]. The van der Waals surface area contributed by atoms with Crippen molar-refractivity contribution in [2.75, 3.05) is 0 Å². The minimum atomic E-state index is -0.384. The van der Waals surface area contributed by atoms with Gasteiger partial charge in [0.15, 0.2) is 0 Å². The van der Waals surface area contributed by atoms with Gasteiger partial charge < -0.3 is 5.11 Å². The maximum absolute atomic E-state index is 10.5. The molecule has 0 fully saturated rings. The fourth-order valence-corrected chi connectivity index (χ4v) is 0.332. The Morgan fingerprint density at radius 1 is 1.38 bits per heavy atom. The van der Waals surface area contributed by atoms with Gasteiger partial charge in [0, 0.05) is 0 Å². The smallest absolute Gasteiger partial charge is 0.852 e. The molecule has 2 heteroatoms. The van der Waals surface area contributed by atoms with Gasteiger partial charge in [-0.15, -0.1) is 6.10 Å². The average Bonchev–Trinajstić information content (AvgIpc) is 1.65. The summed E-state index contributed by atoms with van der Waals surface area (Å²) in [6.07, 6.45) is 0.620. The van der Waals surface area contributed by atoms with E-state index in [4.69, 9.17) is 0 Å². The Kier molecular flexibility index (Phi) is 8.92. The van der Waals surface area contributed by atoms with Gasteiger partial charge in [0.05, 0.1) is 0 Å². The Morgan fingerprint density at radius 3 is 1.75 bits per heavy atom. The molecule has 0 aromatic carbocycles. The number of hydrogen-bond acceptors (Lipinski definition) is 1. The van der Waals surface area contributed by atoms with Crippen molar-refractivity contribution in [3.8, 4) is 0 Å². The summed E-state index contributed by atoms with van der Waals surface area (Å²) >= 11 is 0. The van der Waals surface area contributed by atoms with Gasteiger partial charge in [0.2, 0.25) is 0 Å². The molecule has 0 aromatic heterocycles. The molecule has 0 aromatic rings. The third kappa shape index (κ3) is 5.10. The summed E-state index contributed by atoms with van der Waals surface area (Å²) < 4.78 is 0. The standard InChI is InChI=1S/C6H13O.Na/c1-4-5(2)6(3)7;/h5-6H,4H2,1-3H3;/q-1;+1. The summed E-state index contributed by atoms with van der Waals surface area (Å²) in [6.45, 7) is 5.74. The molecule has 0 aliphatic heterocycles. The normalized spacial score (nSPS) is 16.5. The molecule has 0 N–H and O–H groups in total. The van der Waals surface area contributed by atoms with Gasteiger partial charge in [-0.25, -0.2) is 0 Å². The molecule has 2 atom stereocenters. The molecule has 0 aliphatic carbocycles. The molecule has 8 heavy (non-hydrogen) atoms. The molecule has 0 aliphatic rings. The van der Waals surface area contributed by atoms with E-state index >= 15 is 0 Å². The van der Waals surface area contributed by atoms with Gasteiger partial charge in [-0.05, 0) is 0 Å². The van der Waals surface area contributed by atoms with E-state index in [9.17, 15) is 5.11 Å². The van der Waals surface area contributed by atoms with Gasteiger partial charge in [0.1, 0.15) is 0 Å². The molecule has 0 saturated carbocycles. The Balaban J connectivity index is 0. The first-order valence-corrected chi connectivity index (χ1v) is 2.84. The zero-order valence-corrected chi connectivity index (χ0v) is 8.27. The van der Waals surface area contributed by atoms with Crippen LogP contribution in [0.5, 0.6) is 0 Å². The predicted molar refractivity (Wildman–Crippen MR) is 28.9 cm³/mol.